The number of aromatic nitrogens is 1. The van der Waals surface area contributed by atoms with Crippen LogP contribution in [0.3, 0.4) is 0 Å². The fourth-order valence-corrected chi connectivity index (χ4v) is 1.87. The van der Waals surface area contributed by atoms with Gasteiger partial charge in [-0.15, -0.1) is 0 Å². The predicted molar refractivity (Wildman–Crippen MR) is 72.0 cm³/mol. The van der Waals surface area contributed by atoms with E-state index in [1.807, 2.05) is 39.0 Å². The summed E-state index contributed by atoms with van der Waals surface area (Å²) in [5.41, 5.74) is 1.25. The fraction of sp³-hybridized carbons (Fsp3) is 0.364. The van der Waals surface area contributed by atoms with Crippen molar-refractivity contribution in [2.45, 2.75) is 25.5 Å². The first-order chi connectivity index (χ1) is 7.30. The van der Waals surface area contributed by atoms with Gasteiger partial charge in [0, 0.05) is 0 Å². The number of rotatable bonds is 3. The normalized spacial score (nSPS) is 13.2. The SMILES string of the molecule is C=C(NS(=O)C(C)(C)C)c1cccc(Br)n1. The highest BCUT2D eigenvalue weighted by molar-refractivity contribution is 9.10. The van der Waals surface area contributed by atoms with E-state index in [0.29, 0.717) is 11.4 Å². The van der Waals surface area contributed by atoms with Crippen LogP contribution in [0.4, 0.5) is 0 Å². The largest absolute Gasteiger partial charge is 0.303 e. The van der Waals surface area contributed by atoms with Crippen LogP contribution in [-0.4, -0.2) is 13.9 Å². The Morgan fingerprint density at radius 3 is 2.62 bits per heavy atom. The van der Waals surface area contributed by atoms with Crippen LogP contribution in [0.25, 0.3) is 5.70 Å². The average Bonchev–Trinajstić information content (AvgIpc) is 2.16. The zero-order chi connectivity index (χ0) is 12.3. The number of hydrogen-bond acceptors (Lipinski definition) is 2. The van der Waals surface area contributed by atoms with E-state index < -0.39 is 11.0 Å². The highest BCUT2D eigenvalue weighted by atomic mass is 79.9. The van der Waals surface area contributed by atoms with Gasteiger partial charge >= 0.3 is 0 Å². The van der Waals surface area contributed by atoms with Crippen molar-refractivity contribution in [3.8, 4) is 0 Å². The quantitative estimate of drug-likeness (QED) is 0.873. The van der Waals surface area contributed by atoms with Gasteiger partial charge in [0.05, 0.1) is 16.1 Å². The third-order valence-corrected chi connectivity index (χ3v) is 3.78. The molecule has 0 aliphatic carbocycles. The van der Waals surface area contributed by atoms with E-state index in [4.69, 9.17) is 0 Å². The first-order valence-electron chi connectivity index (χ1n) is 4.81. The summed E-state index contributed by atoms with van der Waals surface area (Å²) in [6, 6.07) is 5.51. The summed E-state index contributed by atoms with van der Waals surface area (Å²) in [6.45, 7) is 9.53. The van der Waals surface area contributed by atoms with Crippen molar-refractivity contribution in [3.63, 3.8) is 0 Å². The van der Waals surface area contributed by atoms with Crippen molar-refractivity contribution in [3.05, 3.63) is 35.1 Å². The molecule has 0 aliphatic heterocycles. The zero-order valence-corrected chi connectivity index (χ0v) is 12.0. The lowest BCUT2D eigenvalue weighted by Crippen LogP contribution is -2.32. The molecule has 0 saturated carbocycles. The Morgan fingerprint density at radius 1 is 1.50 bits per heavy atom. The lowest BCUT2D eigenvalue weighted by atomic mass is 10.3. The minimum absolute atomic E-state index is 0.324. The third kappa shape index (κ3) is 3.72. The van der Waals surface area contributed by atoms with Crippen LogP contribution in [0.15, 0.2) is 29.4 Å². The van der Waals surface area contributed by atoms with Crippen molar-refractivity contribution in [2.75, 3.05) is 0 Å². The molecule has 16 heavy (non-hydrogen) atoms. The maximum atomic E-state index is 11.8. The maximum Gasteiger partial charge on any atom is 0.122 e. The van der Waals surface area contributed by atoms with E-state index in [9.17, 15) is 4.21 Å². The molecule has 1 atom stereocenters. The molecule has 0 amide bonds. The third-order valence-electron chi connectivity index (χ3n) is 1.80. The second-order valence-corrected chi connectivity index (χ2v) is 7.09. The van der Waals surface area contributed by atoms with Gasteiger partial charge in [-0.3, -0.25) is 0 Å². The number of nitrogens with zero attached hydrogens (tertiary/aromatic N) is 1. The van der Waals surface area contributed by atoms with Gasteiger partial charge < -0.3 is 4.72 Å². The predicted octanol–water partition coefficient (Wildman–Crippen LogP) is 2.87. The minimum Gasteiger partial charge on any atom is -0.303 e. The first kappa shape index (κ1) is 13.4. The van der Waals surface area contributed by atoms with E-state index in [2.05, 4.69) is 32.2 Å². The second kappa shape index (κ2) is 5.10. The molecule has 1 N–H and O–H groups in total. The fourth-order valence-electron chi connectivity index (χ4n) is 0.894. The number of pyridine rings is 1. The molecule has 1 rings (SSSR count). The van der Waals surface area contributed by atoms with Crippen molar-refractivity contribution < 1.29 is 4.21 Å². The Kier molecular flexibility index (Phi) is 4.27. The van der Waals surface area contributed by atoms with Crippen LogP contribution in [0.1, 0.15) is 26.5 Å². The molecule has 88 valence electrons. The van der Waals surface area contributed by atoms with Gasteiger partial charge in [-0.25, -0.2) is 9.19 Å². The molecule has 0 saturated heterocycles. The molecule has 0 spiro atoms. The maximum absolute atomic E-state index is 11.8. The van der Waals surface area contributed by atoms with Gasteiger partial charge in [-0.05, 0) is 48.8 Å². The summed E-state index contributed by atoms with van der Waals surface area (Å²) in [4.78, 5) is 4.23. The summed E-state index contributed by atoms with van der Waals surface area (Å²) >= 11 is 3.28. The minimum atomic E-state index is -1.18. The Hall–Kier alpha value is -0.680. The lowest BCUT2D eigenvalue weighted by Gasteiger charge is -2.19. The Labute approximate surface area is 107 Å². The number of nitrogens with one attached hydrogen (secondary N) is 1. The van der Waals surface area contributed by atoms with E-state index >= 15 is 0 Å². The summed E-state index contributed by atoms with van der Waals surface area (Å²) in [7, 11) is -1.18. The molecular weight excluding hydrogens is 288 g/mol. The van der Waals surface area contributed by atoms with E-state index in [1.54, 1.807) is 0 Å². The summed E-state index contributed by atoms with van der Waals surface area (Å²) in [6.07, 6.45) is 0. The topological polar surface area (TPSA) is 42.0 Å². The van der Waals surface area contributed by atoms with Gasteiger partial charge in [0.1, 0.15) is 15.6 Å². The molecule has 0 aliphatic rings. The molecule has 1 aromatic heterocycles. The van der Waals surface area contributed by atoms with Crippen molar-refractivity contribution in [1.29, 1.82) is 0 Å². The van der Waals surface area contributed by atoms with E-state index in [1.165, 1.54) is 0 Å². The van der Waals surface area contributed by atoms with Crippen LogP contribution in [0.5, 0.6) is 0 Å². The number of hydrogen-bond donors (Lipinski definition) is 1. The summed E-state index contributed by atoms with van der Waals surface area (Å²) < 4.78 is 15.1. The molecule has 1 heterocycles. The standard InChI is InChI=1S/C11H15BrN2OS/c1-8(14-16(15)11(2,3)4)9-6-5-7-10(12)13-9/h5-7,14H,1H2,2-4H3. The van der Waals surface area contributed by atoms with Gasteiger partial charge in [-0.1, -0.05) is 12.6 Å². The van der Waals surface area contributed by atoms with Gasteiger partial charge in [-0.2, -0.15) is 0 Å². The first-order valence-corrected chi connectivity index (χ1v) is 6.75. The smallest absolute Gasteiger partial charge is 0.122 e. The van der Waals surface area contributed by atoms with Gasteiger partial charge in [0.25, 0.3) is 0 Å². The molecule has 3 nitrogen and oxygen atoms in total. The van der Waals surface area contributed by atoms with Crippen LogP contribution >= 0.6 is 15.9 Å². The zero-order valence-electron chi connectivity index (χ0n) is 9.58. The monoisotopic (exact) mass is 302 g/mol. The molecule has 1 aromatic rings. The van der Waals surface area contributed by atoms with Gasteiger partial charge in [0.15, 0.2) is 0 Å². The molecular formula is C11H15BrN2OS. The molecule has 0 radical (unpaired) electrons. The van der Waals surface area contributed by atoms with Crippen LogP contribution in [0, 0.1) is 0 Å². The average molecular weight is 303 g/mol. The highest BCUT2D eigenvalue weighted by Gasteiger charge is 2.20. The van der Waals surface area contributed by atoms with Crippen molar-refractivity contribution in [2.24, 2.45) is 0 Å². The lowest BCUT2D eigenvalue weighted by molar-refractivity contribution is 0.645. The van der Waals surface area contributed by atoms with Gasteiger partial charge in [0.2, 0.25) is 0 Å². The van der Waals surface area contributed by atoms with Crippen LogP contribution in [-0.2, 0) is 11.0 Å². The number of halogens is 1. The van der Waals surface area contributed by atoms with Crippen LogP contribution < -0.4 is 4.72 Å². The van der Waals surface area contributed by atoms with E-state index in [0.717, 1.165) is 4.60 Å². The van der Waals surface area contributed by atoms with Crippen molar-refractivity contribution in [1.82, 2.24) is 9.71 Å². The molecule has 0 aromatic carbocycles. The Morgan fingerprint density at radius 2 is 2.12 bits per heavy atom. The van der Waals surface area contributed by atoms with Crippen molar-refractivity contribution >= 4 is 32.6 Å². The molecule has 0 bridgehead atoms. The highest BCUT2D eigenvalue weighted by Crippen LogP contribution is 2.15. The second-order valence-electron chi connectivity index (χ2n) is 4.31. The molecule has 0 fully saturated rings. The molecule has 1 unspecified atom stereocenters. The van der Waals surface area contributed by atoms with Crippen LogP contribution in [0.2, 0.25) is 0 Å². The molecule has 5 heteroatoms. The Bertz CT molecular complexity index is 426. The summed E-state index contributed by atoms with van der Waals surface area (Å²) in [5.74, 6) is 0. The Balaban J connectivity index is 2.78. The summed E-state index contributed by atoms with van der Waals surface area (Å²) in [5, 5.41) is 0. The van der Waals surface area contributed by atoms with E-state index in [-0.39, 0.29) is 4.75 Å².